The monoisotopic (exact) mass is 286 g/mol. The fourth-order valence-corrected chi connectivity index (χ4v) is 3.24. The van der Waals surface area contributed by atoms with Crippen molar-refractivity contribution in [3.8, 4) is 0 Å². The maximum Gasteiger partial charge on any atom is 0.203 e. The van der Waals surface area contributed by atoms with E-state index in [0.29, 0.717) is 12.1 Å². The zero-order valence-electron chi connectivity index (χ0n) is 12.5. The second-order valence-electron chi connectivity index (χ2n) is 6.22. The number of nitrogens with one attached hydrogen (secondary N) is 1. The number of piperidine rings is 1. The highest BCUT2D eigenvalue weighted by molar-refractivity contribution is 5.64. The Morgan fingerprint density at radius 1 is 1.29 bits per heavy atom. The summed E-state index contributed by atoms with van der Waals surface area (Å²) in [6, 6.07) is 1.20. The molecule has 6 nitrogen and oxygen atoms in total. The van der Waals surface area contributed by atoms with E-state index >= 15 is 0 Å². The Hall–Kier alpha value is -1.69. The Bertz CT molecular complexity index is 626. The number of hydrogen-bond acceptors (Lipinski definition) is 5. The third-order valence-corrected chi connectivity index (χ3v) is 4.57. The maximum absolute atomic E-state index is 4.62. The van der Waals surface area contributed by atoms with Gasteiger partial charge in [0.1, 0.15) is 5.82 Å². The molecule has 1 aliphatic heterocycles. The van der Waals surface area contributed by atoms with Crippen LogP contribution in [0.15, 0.2) is 12.4 Å². The number of aryl methyl sites for hydroxylation is 1. The van der Waals surface area contributed by atoms with Gasteiger partial charge in [-0.3, -0.25) is 4.40 Å². The molecule has 2 aromatic heterocycles. The lowest BCUT2D eigenvalue weighted by atomic mass is 10.0. The minimum atomic E-state index is 0.574. The third kappa shape index (κ3) is 2.48. The largest absolute Gasteiger partial charge is 0.349 e. The van der Waals surface area contributed by atoms with E-state index in [9.17, 15) is 0 Å². The number of fused-ring (bicyclic) bond motifs is 1. The van der Waals surface area contributed by atoms with Crippen LogP contribution < -0.4 is 10.2 Å². The normalized spacial score (nSPS) is 22.6. The van der Waals surface area contributed by atoms with Crippen molar-refractivity contribution in [1.82, 2.24) is 24.9 Å². The summed E-state index contributed by atoms with van der Waals surface area (Å²) in [7, 11) is 0. The highest BCUT2D eigenvalue weighted by Crippen LogP contribution is 2.32. The molecule has 1 atom stereocenters. The highest BCUT2D eigenvalue weighted by atomic mass is 15.3. The smallest absolute Gasteiger partial charge is 0.203 e. The van der Waals surface area contributed by atoms with Gasteiger partial charge in [0.2, 0.25) is 5.65 Å². The molecule has 21 heavy (non-hydrogen) atoms. The predicted octanol–water partition coefficient (Wildman–Crippen LogP) is 1.54. The zero-order chi connectivity index (χ0) is 14.2. The van der Waals surface area contributed by atoms with Gasteiger partial charge in [0.25, 0.3) is 0 Å². The van der Waals surface area contributed by atoms with Crippen LogP contribution in [0.3, 0.4) is 0 Å². The van der Waals surface area contributed by atoms with Crippen LogP contribution in [-0.2, 0) is 0 Å². The Labute approximate surface area is 124 Å². The first-order valence-electron chi connectivity index (χ1n) is 7.99. The number of nitrogens with zero attached hydrogens (tertiary/aromatic N) is 5. The fraction of sp³-hybridized carbons (Fsp3) is 0.667. The highest BCUT2D eigenvalue weighted by Gasteiger charge is 2.33. The van der Waals surface area contributed by atoms with Gasteiger partial charge < -0.3 is 10.2 Å². The summed E-state index contributed by atoms with van der Waals surface area (Å²) in [4.78, 5) is 7.07. The second kappa shape index (κ2) is 5.26. The molecule has 112 valence electrons. The van der Waals surface area contributed by atoms with Crippen LogP contribution in [-0.4, -0.2) is 44.8 Å². The Kier molecular flexibility index (Phi) is 3.25. The molecule has 2 aromatic rings. The van der Waals surface area contributed by atoms with E-state index in [-0.39, 0.29) is 0 Å². The van der Waals surface area contributed by atoms with Crippen LogP contribution >= 0.6 is 0 Å². The second-order valence-corrected chi connectivity index (χ2v) is 6.22. The molecule has 0 aromatic carbocycles. The number of anilines is 1. The summed E-state index contributed by atoms with van der Waals surface area (Å²) < 4.78 is 2.03. The van der Waals surface area contributed by atoms with E-state index in [1.165, 1.54) is 32.1 Å². The average molecular weight is 286 g/mol. The molecule has 2 fully saturated rings. The Balaban J connectivity index is 1.65. The summed E-state index contributed by atoms with van der Waals surface area (Å²) in [5.41, 5.74) is 0.887. The van der Waals surface area contributed by atoms with Crippen molar-refractivity contribution in [2.45, 2.75) is 51.1 Å². The van der Waals surface area contributed by atoms with Gasteiger partial charge in [0.05, 0.1) is 0 Å². The van der Waals surface area contributed by atoms with E-state index in [2.05, 4.69) is 25.4 Å². The standard InChI is InChI=1S/C15H22N6/c1-11-18-19-15-14(17-8-9-20(11)15)21(13-5-6-13)10-12-4-2-3-7-16-12/h8-9,12-13,16H,2-7,10H2,1H3. The molecule has 1 saturated heterocycles. The molecule has 1 N–H and O–H groups in total. The first-order chi connectivity index (χ1) is 10.3. The molecule has 4 rings (SSSR count). The van der Waals surface area contributed by atoms with Crippen molar-refractivity contribution in [3.63, 3.8) is 0 Å². The van der Waals surface area contributed by atoms with E-state index in [4.69, 9.17) is 0 Å². The minimum Gasteiger partial charge on any atom is -0.349 e. The molecule has 3 heterocycles. The van der Waals surface area contributed by atoms with Gasteiger partial charge in [-0.2, -0.15) is 0 Å². The molecule has 0 bridgehead atoms. The zero-order valence-corrected chi connectivity index (χ0v) is 12.5. The van der Waals surface area contributed by atoms with Crippen LogP contribution in [0.1, 0.15) is 37.9 Å². The van der Waals surface area contributed by atoms with E-state index < -0.39 is 0 Å². The summed E-state index contributed by atoms with van der Waals surface area (Å²) in [5, 5.41) is 12.2. The van der Waals surface area contributed by atoms with Gasteiger partial charge in [-0.05, 0) is 39.2 Å². The van der Waals surface area contributed by atoms with Gasteiger partial charge >= 0.3 is 0 Å². The minimum absolute atomic E-state index is 0.574. The SMILES string of the molecule is Cc1nnc2c(N(CC3CCCCN3)C3CC3)nccn12. The fourth-order valence-electron chi connectivity index (χ4n) is 3.24. The number of rotatable bonds is 4. The average Bonchev–Trinajstić information content (AvgIpc) is 3.30. The molecule has 2 aliphatic rings. The molecule has 1 unspecified atom stereocenters. The summed E-state index contributed by atoms with van der Waals surface area (Å²) in [6.07, 6.45) is 10.2. The van der Waals surface area contributed by atoms with Crippen LogP contribution in [0.4, 0.5) is 5.82 Å². The molecule has 6 heteroatoms. The molecule has 0 spiro atoms. The lowest BCUT2D eigenvalue weighted by molar-refractivity contribution is 0.398. The van der Waals surface area contributed by atoms with Crippen molar-refractivity contribution in [3.05, 3.63) is 18.2 Å². The van der Waals surface area contributed by atoms with Crippen molar-refractivity contribution in [1.29, 1.82) is 0 Å². The molecule has 0 amide bonds. The molecule has 1 saturated carbocycles. The van der Waals surface area contributed by atoms with E-state index in [1.807, 2.05) is 23.7 Å². The first kappa shape index (κ1) is 13.0. The number of aromatic nitrogens is 4. The van der Waals surface area contributed by atoms with Crippen LogP contribution in [0, 0.1) is 6.92 Å². The van der Waals surface area contributed by atoms with Gasteiger partial charge in [-0.1, -0.05) is 6.42 Å². The van der Waals surface area contributed by atoms with Gasteiger partial charge in [0, 0.05) is 31.0 Å². The third-order valence-electron chi connectivity index (χ3n) is 4.57. The number of hydrogen-bond donors (Lipinski definition) is 1. The van der Waals surface area contributed by atoms with Crippen molar-refractivity contribution >= 4 is 11.5 Å². The molecule has 0 radical (unpaired) electrons. The molecular formula is C15H22N6. The van der Waals surface area contributed by atoms with E-state index in [1.54, 1.807) is 0 Å². The lowest BCUT2D eigenvalue weighted by Crippen LogP contribution is -2.45. The topological polar surface area (TPSA) is 58.4 Å². The van der Waals surface area contributed by atoms with Crippen LogP contribution in [0.5, 0.6) is 0 Å². The van der Waals surface area contributed by atoms with Gasteiger partial charge in [0.15, 0.2) is 5.82 Å². The van der Waals surface area contributed by atoms with Crippen molar-refractivity contribution < 1.29 is 0 Å². The summed E-state index contributed by atoms with van der Waals surface area (Å²) >= 11 is 0. The Morgan fingerprint density at radius 3 is 2.95 bits per heavy atom. The van der Waals surface area contributed by atoms with Gasteiger partial charge in [-0.15, -0.1) is 10.2 Å². The quantitative estimate of drug-likeness (QED) is 0.924. The van der Waals surface area contributed by atoms with Gasteiger partial charge in [-0.25, -0.2) is 4.98 Å². The summed E-state index contributed by atoms with van der Waals surface area (Å²) in [5.74, 6) is 1.91. The van der Waals surface area contributed by atoms with E-state index in [0.717, 1.165) is 30.4 Å². The van der Waals surface area contributed by atoms with Crippen molar-refractivity contribution in [2.24, 2.45) is 0 Å². The molecule has 1 aliphatic carbocycles. The van der Waals surface area contributed by atoms with Crippen LogP contribution in [0.2, 0.25) is 0 Å². The Morgan fingerprint density at radius 2 is 2.19 bits per heavy atom. The lowest BCUT2D eigenvalue weighted by Gasteiger charge is -2.31. The van der Waals surface area contributed by atoms with Crippen molar-refractivity contribution in [2.75, 3.05) is 18.0 Å². The first-order valence-corrected chi connectivity index (χ1v) is 7.99. The van der Waals surface area contributed by atoms with Crippen LogP contribution in [0.25, 0.3) is 5.65 Å². The summed E-state index contributed by atoms with van der Waals surface area (Å²) in [6.45, 7) is 4.15. The maximum atomic E-state index is 4.62. The molecular weight excluding hydrogens is 264 g/mol. The predicted molar refractivity (Wildman–Crippen MR) is 81.5 cm³/mol.